The van der Waals surface area contributed by atoms with Crippen LogP contribution in [0.5, 0.6) is 0 Å². The SMILES string of the molecule is Cc1c(-c2nn(C(C)(C)C)c3ncnc(N)c23)[nH]c2cc(C(=O)N(C)C)ccc12. The summed E-state index contributed by atoms with van der Waals surface area (Å²) in [6, 6.07) is 5.68. The maximum atomic E-state index is 12.3. The maximum Gasteiger partial charge on any atom is 0.253 e. The standard InChI is InChI=1S/C21H25N7O/c1-11-13-8-7-12(20(29)27(5)6)9-14(13)25-16(11)17-15-18(22)23-10-24-19(15)28(26-17)21(2,3)4/h7-10,25H,1-6H3,(H2,22,23,24). The lowest BCUT2D eigenvalue weighted by Gasteiger charge is -2.19. The molecule has 0 spiro atoms. The Hall–Kier alpha value is -3.42. The number of H-pyrrole nitrogens is 1. The quantitative estimate of drug-likeness (QED) is 0.545. The fourth-order valence-electron chi connectivity index (χ4n) is 3.58. The van der Waals surface area contributed by atoms with Crippen molar-refractivity contribution in [3.8, 4) is 11.4 Å². The summed E-state index contributed by atoms with van der Waals surface area (Å²) >= 11 is 0. The molecule has 0 saturated carbocycles. The van der Waals surface area contributed by atoms with Crippen molar-refractivity contribution in [2.75, 3.05) is 19.8 Å². The number of anilines is 1. The van der Waals surface area contributed by atoms with Crippen molar-refractivity contribution in [3.05, 3.63) is 35.7 Å². The lowest BCUT2D eigenvalue weighted by Crippen LogP contribution is -2.23. The molecule has 4 rings (SSSR count). The topological polar surface area (TPSA) is 106 Å². The van der Waals surface area contributed by atoms with E-state index in [2.05, 4.69) is 35.7 Å². The first-order valence-corrected chi connectivity index (χ1v) is 9.43. The summed E-state index contributed by atoms with van der Waals surface area (Å²) in [6.45, 7) is 8.24. The average Bonchev–Trinajstić information content (AvgIpc) is 3.19. The monoisotopic (exact) mass is 391 g/mol. The van der Waals surface area contributed by atoms with E-state index in [1.807, 2.05) is 29.8 Å². The molecule has 150 valence electrons. The Bertz CT molecular complexity index is 1260. The van der Waals surface area contributed by atoms with E-state index in [9.17, 15) is 4.79 Å². The van der Waals surface area contributed by atoms with Gasteiger partial charge in [-0.05, 0) is 45.4 Å². The highest BCUT2D eigenvalue weighted by atomic mass is 16.2. The van der Waals surface area contributed by atoms with Crippen LogP contribution in [0, 0.1) is 6.92 Å². The number of nitrogens with one attached hydrogen (secondary N) is 1. The first kappa shape index (κ1) is 18.9. The number of hydrogen-bond donors (Lipinski definition) is 2. The highest BCUT2D eigenvalue weighted by molar-refractivity contribution is 6.03. The van der Waals surface area contributed by atoms with E-state index in [-0.39, 0.29) is 11.4 Å². The molecule has 3 N–H and O–H groups in total. The third kappa shape index (κ3) is 2.91. The Morgan fingerprint density at radius 1 is 1.21 bits per heavy atom. The van der Waals surface area contributed by atoms with Crippen molar-refractivity contribution in [1.82, 2.24) is 29.6 Å². The summed E-state index contributed by atoms with van der Waals surface area (Å²) in [5.74, 6) is 0.350. The molecule has 3 heterocycles. The number of benzene rings is 1. The molecule has 0 bridgehead atoms. The smallest absolute Gasteiger partial charge is 0.253 e. The second kappa shape index (κ2) is 6.30. The molecule has 0 atom stereocenters. The molecular formula is C21H25N7O. The molecule has 1 aromatic carbocycles. The number of carbonyl (C=O) groups excluding carboxylic acids is 1. The second-order valence-electron chi connectivity index (χ2n) is 8.47. The van der Waals surface area contributed by atoms with Crippen LogP contribution in [0.1, 0.15) is 36.7 Å². The van der Waals surface area contributed by atoms with Gasteiger partial charge in [0.05, 0.1) is 16.6 Å². The normalized spacial score (nSPS) is 12.1. The fraction of sp³-hybridized carbons (Fsp3) is 0.333. The van der Waals surface area contributed by atoms with Crippen molar-refractivity contribution in [3.63, 3.8) is 0 Å². The number of rotatable bonds is 2. The molecule has 0 fully saturated rings. The maximum absolute atomic E-state index is 12.3. The number of fused-ring (bicyclic) bond motifs is 2. The molecule has 0 radical (unpaired) electrons. The molecule has 1 amide bonds. The molecule has 0 aliphatic rings. The van der Waals surface area contributed by atoms with Gasteiger partial charge in [-0.3, -0.25) is 4.79 Å². The summed E-state index contributed by atoms with van der Waals surface area (Å²) < 4.78 is 1.88. The van der Waals surface area contributed by atoms with E-state index in [0.717, 1.165) is 27.5 Å². The zero-order chi connectivity index (χ0) is 21.1. The average molecular weight is 391 g/mol. The van der Waals surface area contributed by atoms with Crippen molar-refractivity contribution >= 4 is 33.7 Å². The third-order valence-electron chi connectivity index (χ3n) is 5.08. The Morgan fingerprint density at radius 3 is 2.59 bits per heavy atom. The van der Waals surface area contributed by atoms with Gasteiger partial charge in [-0.2, -0.15) is 5.10 Å². The largest absolute Gasteiger partial charge is 0.383 e. The number of carbonyl (C=O) groups is 1. The lowest BCUT2D eigenvalue weighted by atomic mass is 10.1. The van der Waals surface area contributed by atoms with E-state index in [1.54, 1.807) is 19.0 Å². The van der Waals surface area contributed by atoms with Crippen LogP contribution in [0.15, 0.2) is 24.5 Å². The van der Waals surface area contributed by atoms with Gasteiger partial charge < -0.3 is 15.6 Å². The first-order chi connectivity index (χ1) is 13.6. The molecule has 0 unspecified atom stereocenters. The van der Waals surface area contributed by atoms with Gasteiger partial charge in [-0.15, -0.1) is 0 Å². The molecule has 3 aromatic heterocycles. The Morgan fingerprint density at radius 2 is 1.93 bits per heavy atom. The Kier molecular flexibility index (Phi) is 4.11. The van der Waals surface area contributed by atoms with Crippen LogP contribution in [0.4, 0.5) is 5.82 Å². The minimum atomic E-state index is -0.275. The zero-order valence-electron chi connectivity index (χ0n) is 17.5. The lowest BCUT2D eigenvalue weighted by molar-refractivity contribution is 0.0827. The highest BCUT2D eigenvalue weighted by Gasteiger charge is 2.26. The van der Waals surface area contributed by atoms with Crippen molar-refractivity contribution < 1.29 is 4.79 Å². The van der Waals surface area contributed by atoms with E-state index >= 15 is 0 Å². The first-order valence-electron chi connectivity index (χ1n) is 9.43. The van der Waals surface area contributed by atoms with Gasteiger partial charge >= 0.3 is 0 Å². The molecule has 0 aliphatic heterocycles. The van der Waals surface area contributed by atoms with Crippen LogP contribution in [-0.2, 0) is 5.54 Å². The molecule has 8 nitrogen and oxygen atoms in total. The molecule has 29 heavy (non-hydrogen) atoms. The number of nitrogens with zero attached hydrogens (tertiary/aromatic N) is 5. The summed E-state index contributed by atoms with van der Waals surface area (Å²) in [6.07, 6.45) is 1.46. The number of nitrogens with two attached hydrogens (primary N) is 1. The van der Waals surface area contributed by atoms with Crippen molar-refractivity contribution in [1.29, 1.82) is 0 Å². The summed E-state index contributed by atoms with van der Waals surface area (Å²) in [5.41, 5.74) is 10.7. The zero-order valence-corrected chi connectivity index (χ0v) is 17.5. The Labute approximate surface area is 168 Å². The third-order valence-corrected chi connectivity index (χ3v) is 5.08. The minimum Gasteiger partial charge on any atom is -0.383 e. The second-order valence-corrected chi connectivity index (χ2v) is 8.47. The predicted octanol–water partition coefficient (Wildman–Crippen LogP) is 3.32. The van der Waals surface area contributed by atoms with Crippen LogP contribution in [0.2, 0.25) is 0 Å². The van der Waals surface area contributed by atoms with E-state index in [0.29, 0.717) is 22.7 Å². The fourth-order valence-corrected chi connectivity index (χ4v) is 3.58. The number of aromatic amines is 1. The van der Waals surface area contributed by atoms with Gasteiger partial charge in [0, 0.05) is 30.6 Å². The number of hydrogen-bond acceptors (Lipinski definition) is 5. The minimum absolute atomic E-state index is 0.0409. The highest BCUT2D eigenvalue weighted by Crippen LogP contribution is 2.36. The van der Waals surface area contributed by atoms with Gasteiger partial charge in [0.2, 0.25) is 0 Å². The van der Waals surface area contributed by atoms with Crippen LogP contribution >= 0.6 is 0 Å². The number of aromatic nitrogens is 5. The van der Waals surface area contributed by atoms with Gasteiger partial charge in [0.25, 0.3) is 5.91 Å². The van der Waals surface area contributed by atoms with E-state index < -0.39 is 0 Å². The molecule has 8 heteroatoms. The molecule has 0 saturated heterocycles. The summed E-state index contributed by atoms with van der Waals surface area (Å²) in [7, 11) is 3.48. The van der Waals surface area contributed by atoms with Crippen LogP contribution in [0.3, 0.4) is 0 Å². The molecule has 0 aliphatic carbocycles. The molecule has 4 aromatic rings. The van der Waals surface area contributed by atoms with Crippen molar-refractivity contribution in [2.45, 2.75) is 33.2 Å². The van der Waals surface area contributed by atoms with Crippen LogP contribution in [-0.4, -0.2) is 49.6 Å². The van der Waals surface area contributed by atoms with Crippen LogP contribution in [0.25, 0.3) is 33.3 Å². The van der Waals surface area contributed by atoms with Gasteiger partial charge in [-0.25, -0.2) is 14.6 Å². The van der Waals surface area contributed by atoms with Crippen molar-refractivity contribution in [2.24, 2.45) is 0 Å². The summed E-state index contributed by atoms with van der Waals surface area (Å²) in [5, 5.41) is 6.62. The van der Waals surface area contributed by atoms with Crippen LogP contribution < -0.4 is 5.73 Å². The summed E-state index contributed by atoms with van der Waals surface area (Å²) in [4.78, 5) is 26.0. The number of nitrogen functional groups attached to an aromatic ring is 1. The number of aryl methyl sites for hydroxylation is 1. The van der Waals surface area contributed by atoms with Gasteiger partial charge in [-0.1, -0.05) is 6.07 Å². The number of amides is 1. The van der Waals surface area contributed by atoms with Gasteiger partial charge in [0.1, 0.15) is 17.8 Å². The predicted molar refractivity (Wildman–Crippen MR) is 115 cm³/mol. The Balaban J connectivity index is 1.99. The van der Waals surface area contributed by atoms with E-state index in [4.69, 9.17) is 10.8 Å². The van der Waals surface area contributed by atoms with E-state index in [1.165, 1.54) is 6.33 Å². The van der Waals surface area contributed by atoms with Gasteiger partial charge in [0.15, 0.2) is 5.65 Å². The molecular weight excluding hydrogens is 366 g/mol.